The average molecular weight is 366 g/mol. The summed E-state index contributed by atoms with van der Waals surface area (Å²) in [6, 6.07) is 11.6. The Morgan fingerprint density at radius 1 is 1.15 bits per heavy atom. The predicted molar refractivity (Wildman–Crippen MR) is 92.3 cm³/mol. The number of carbonyl (C=O) groups is 1. The van der Waals surface area contributed by atoms with Gasteiger partial charge in [-0.3, -0.25) is 4.79 Å². The Bertz CT molecular complexity index is 730. The van der Waals surface area contributed by atoms with Crippen LogP contribution in [-0.2, 0) is 24.1 Å². The highest BCUT2D eigenvalue weighted by Gasteiger charge is 2.32. The van der Waals surface area contributed by atoms with Crippen molar-refractivity contribution in [2.45, 2.75) is 38.7 Å². The summed E-state index contributed by atoms with van der Waals surface area (Å²) in [5, 5.41) is 2.72. The van der Waals surface area contributed by atoms with Crippen LogP contribution in [0.5, 0.6) is 5.75 Å². The fraction of sp³-hybridized carbons (Fsp3) is 0.316. The number of rotatable bonds is 7. The van der Waals surface area contributed by atoms with Crippen molar-refractivity contribution >= 4 is 5.91 Å². The van der Waals surface area contributed by atoms with E-state index in [2.05, 4.69) is 5.32 Å². The Morgan fingerprint density at radius 2 is 1.81 bits per heavy atom. The number of nitrogens with one attached hydrogen (secondary N) is 1. The first kappa shape index (κ1) is 19.8. The van der Waals surface area contributed by atoms with Crippen LogP contribution in [0.15, 0.2) is 48.5 Å². The van der Waals surface area contributed by atoms with Crippen LogP contribution in [0.25, 0.3) is 0 Å². The summed E-state index contributed by atoms with van der Waals surface area (Å²) in [5.41, 5.74) is 5.84. The zero-order chi connectivity index (χ0) is 19.2. The van der Waals surface area contributed by atoms with E-state index in [1.54, 1.807) is 30.3 Å². The van der Waals surface area contributed by atoms with Gasteiger partial charge in [-0.1, -0.05) is 37.3 Å². The van der Waals surface area contributed by atoms with Crippen molar-refractivity contribution in [3.8, 4) is 5.75 Å². The second-order valence-electron chi connectivity index (χ2n) is 5.82. The highest BCUT2D eigenvalue weighted by Crippen LogP contribution is 2.32. The zero-order valence-corrected chi connectivity index (χ0v) is 14.3. The lowest BCUT2D eigenvalue weighted by molar-refractivity contribution is -0.138. The van der Waals surface area contributed by atoms with E-state index >= 15 is 0 Å². The molecule has 0 saturated heterocycles. The Hall–Kier alpha value is -2.54. The van der Waals surface area contributed by atoms with Gasteiger partial charge in [0.05, 0.1) is 11.6 Å². The van der Waals surface area contributed by atoms with E-state index in [1.165, 1.54) is 12.1 Å². The largest absolute Gasteiger partial charge is 0.489 e. The molecule has 0 aliphatic rings. The number of nitrogens with two attached hydrogens (primary N) is 1. The van der Waals surface area contributed by atoms with Crippen molar-refractivity contribution in [3.63, 3.8) is 0 Å². The van der Waals surface area contributed by atoms with Crippen molar-refractivity contribution in [3.05, 3.63) is 65.2 Å². The maximum Gasteiger partial charge on any atom is 0.416 e. The molecule has 0 bridgehead atoms. The van der Waals surface area contributed by atoms with Gasteiger partial charge in [-0.05, 0) is 30.2 Å². The van der Waals surface area contributed by atoms with Gasteiger partial charge in [0.1, 0.15) is 12.4 Å². The summed E-state index contributed by atoms with van der Waals surface area (Å²) in [6.07, 6.45) is -3.86. The molecule has 0 radical (unpaired) electrons. The fourth-order valence-electron chi connectivity index (χ4n) is 2.29. The van der Waals surface area contributed by atoms with E-state index in [0.717, 1.165) is 11.6 Å². The van der Waals surface area contributed by atoms with Crippen LogP contribution in [0.2, 0.25) is 0 Å². The molecule has 0 spiro atoms. The summed E-state index contributed by atoms with van der Waals surface area (Å²) in [5.74, 6) is 0.221. The van der Waals surface area contributed by atoms with Crippen LogP contribution in [0.1, 0.15) is 30.0 Å². The molecule has 0 aliphatic heterocycles. The first-order chi connectivity index (χ1) is 12.3. The highest BCUT2D eigenvalue weighted by molar-refractivity contribution is 5.81. The van der Waals surface area contributed by atoms with Gasteiger partial charge in [0, 0.05) is 12.1 Å². The minimum atomic E-state index is -4.42. The molecule has 7 heteroatoms. The molecule has 0 aromatic heterocycles. The topological polar surface area (TPSA) is 64.4 Å². The second kappa shape index (κ2) is 8.71. The number of carbonyl (C=O) groups excluding carboxylic acids is 1. The highest BCUT2D eigenvalue weighted by atomic mass is 19.4. The van der Waals surface area contributed by atoms with Gasteiger partial charge >= 0.3 is 6.18 Å². The molecule has 2 aromatic carbocycles. The van der Waals surface area contributed by atoms with Gasteiger partial charge in [-0.2, -0.15) is 13.2 Å². The standard InChI is InChI=1S/C19H21F3N2O2/c1-2-17(23)18(25)24-11-13-7-9-15(10-8-13)26-12-14-5-3-4-6-16(14)19(20,21)22/h3-10,17H,2,11-12,23H2,1H3,(H,24,25)/t17-/m1/s1. The van der Waals surface area contributed by atoms with Crippen molar-refractivity contribution in [2.24, 2.45) is 5.73 Å². The van der Waals surface area contributed by atoms with Crippen LogP contribution >= 0.6 is 0 Å². The molecule has 140 valence electrons. The Kier molecular flexibility index (Phi) is 6.63. The predicted octanol–water partition coefficient (Wildman–Crippen LogP) is 3.64. The number of ether oxygens (including phenoxy) is 1. The van der Waals surface area contributed by atoms with Gasteiger partial charge < -0.3 is 15.8 Å². The third-order valence-corrected chi connectivity index (χ3v) is 3.88. The molecule has 0 fully saturated rings. The summed E-state index contributed by atoms with van der Waals surface area (Å²) in [7, 11) is 0. The van der Waals surface area contributed by atoms with Gasteiger partial charge in [0.15, 0.2) is 0 Å². The number of amides is 1. The van der Waals surface area contributed by atoms with Gasteiger partial charge in [-0.25, -0.2) is 0 Å². The van der Waals surface area contributed by atoms with Crippen molar-refractivity contribution in [2.75, 3.05) is 0 Å². The molecule has 3 N–H and O–H groups in total. The lowest BCUT2D eigenvalue weighted by atomic mass is 10.1. The average Bonchev–Trinajstić information content (AvgIpc) is 2.64. The number of hydrogen-bond acceptors (Lipinski definition) is 3. The number of benzene rings is 2. The van der Waals surface area contributed by atoms with E-state index in [9.17, 15) is 18.0 Å². The summed E-state index contributed by atoms with van der Waals surface area (Å²) in [4.78, 5) is 11.6. The Morgan fingerprint density at radius 3 is 2.42 bits per heavy atom. The molecule has 1 atom stereocenters. The lowest BCUT2D eigenvalue weighted by Gasteiger charge is -2.14. The van der Waals surface area contributed by atoms with Gasteiger partial charge in [-0.15, -0.1) is 0 Å². The minimum Gasteiger partial charge on any atom is -0.489 e. The first-order valence-corrected chi connectivity index (χ1v) is 8.21. The number of alkyl halides is 3. The van der Waals surface area contributed by atoms with E-state index in [1.807, 2.05) is 6.92 Å². The number of hydrogen-bond donors (Lipinski definition) is 2. The molecule has 2 rings (SSSR count). The molecule has 0 heterocycles. The Balaban J connectivity index is 1.93. The zero-order valence-electron chi connectivity index (χ0n) is 14.3. The van der Waals surface area contributed by atoms with Gasteiger partial charge in [0.2, 0.25) is 5.91 Å². The van der Waals surface area contributed by atoms with E-state index in [-0.39, 0.29) is 18.1 Å². The molecule has 2 aromatic rings. The van der Waals surface area contributed by atoms with Crippen LogP contribution in [0.3, 0.4) is 0 Å². The normalized spacial score (nSPS) is 12.5. The molecule has 1 amide bonds. The third-order valence-electron chi connectivity index (χ3n) is 3.88. The van der Waals surface area contributed by atoms with Crippen molar-refractivity contribution in [1.82, 2.24) is 5.32 Å². The maximum atomic E-state index is 13.0. The lowest BCUT2D eigenvalue weighted by Crippen LogP contribution is -2.39. The van der Waals surface area contributed by atoms with Crippen LogP contribution in [-0.4, -0.2) is 11.9 Å². The van der Waals surface area contributed by atoms with Crippen molar-refractivity contribution in [1.29, 1.82) is 0 Å². The minimum absolute atomic E-state index is 0.0740. The maximum absolute atomic E-state index is 13.0. The molecular formula is C19H21F3N2O2. The molecular weight excluding hydrogens is 345 g/mol. The van der Waals surface area contributed by atoms with Gasteiger partial charge in [0.25, 0.3) is 0 Å². The van der Waals surface area contributed by atoms with E-state index in [4.69, 9.17) is 10.5 Å². The van der Waals surface area contributed by atoms with E-state index in [0.29, 0.717) is 18.7 Å². The molecule has 0 aliphatic carbocycles. The van der Waals surface area contributed by atoms with E-state index < -0.39 is 17.8 Å². The summed E-state index contributed by atoms with van der Waals surface area (Å²) < 4.78 is 44.3. The quantitative estimate of drug-likeness (QED) is 0.786. The van der Waals surface area contributed by atoms with Crippen LogP contribution in [0.4, 0.5) is 13.2 Å². The summed E-state index contributed by atoms with van der Waals surface area (Å²) in [6.45, 7) is 1.97. The fourth-order valence-corrected chi connectivity index (χ4v) is 2.29. The smallest absolute Gasteiger partial charge is 0.416 e. The molecule has 0 saturated carbocycles. The molecule has 26 heavy (non-hydrogen) atoms. The molecule has 0 unspecified atom stereocenters. The molecule has 4 nitrogen and oxygen atoms in total. The second-order valence-corrected chi connectivity index (χ2v) is 5.82. The first-order valence-electron chi connectivity index (χ1n) is 8.21. The summed E-state index contributed by atoms with van der Waals surface area (Å²) >= 11 is 0. The number of halogens is 3. The van der Waals surface area contributed by atoms with Crippen LogP contribution in [0, 0.1) is 0 Å². The SMILES string of the molecule is CC[C@@H](N)C(=O)NCc1ccc(OCc2ccccc2C(F)(F)F)cc1. The van der Waals surface area contributed by atoms with Crippen LogP contribution < -0.4 is 15.8 Å². The monoisotopic (exact) mass is 366 g/mol. The van der Waals surface area contributed by atoms with Crippen molar-refractivity contribution < 1.29 is 22.7 Å². The Labute approximate surface area is 150 Å². The third kappa shape index (κ3) is 5.49.